The van der Waals surface area contributed by atoms with E-state index in [0.717, 1.165) is 44.9 Å². The van der Waals surface area contributed by atoms with Gasteiger partial charge in [-0.1, -0.05) is 321 Å². The number of unbranched alkanes of at least 4 members (excludes halogenated alkanes) is 47. The van der Waals surface area contributed by atoms with E-state index in [9.17, 15) is 61.0 Å². The Balaban J connectivity index is 1.34. The summed E-state index contributed by atoms with van der Waals surface area (Å²) < 4.78 is 34.4. The number of allylic oxidation sites excluding steroid dienone is 1. The Bertz CT molecular complexity index is 1770. The molecule has 0 aromatic carbocycles. The SMILES string of the molecule is CCCCCCCCCCCCCCCCC/C=C/C(O)C(COC1OC(CO)C(OC2OC(CO)C(OC3OC(CO)C(O)C(O)C3O)C(O)C2O)C(O)C1O)NC(=O)CCCCCCCCCCCCCCCCCCCCCCCCCCCCCCCCCCC. The molecule has 0 spiro atoms. The molecule has 3 heterocycles. The highest BCUT2D eigenvalue weighted by Gasteiger charge is 2.53. The lowest BCUT2D eigenvalue weighted by Crippen LogP contribution is -2.66. The number of amides is 1. The molecule has 0 aromatic rings. The molecule has 3 aliphatic rings. The quantitative estimate of drug-likeness (QED) is 0.0199. The first-order valence-electron chi connectivity index (χ1n) is 39.4. The van der Waals surface area contributed by atoms with E-state index >= 15 is 0 Å². The molecule has 3 saturated heterocycles. The van der Waals surface area contributed by atoms with Gasteiger partial charge in [0.1, 0.15) is 73.2 Å². The maximum Gasteiger partial charge on any atom is 0.220 e. The third-order valence-corrected chi connectivity index (χ3v) is 20.1. The highest BCUT2D eigenvalue weighted by Crippen LogP contribution is 2.33. The second-order valence-corrected chi connectivity index (χ2v) is 28.5. The molecule has 17 unspecified atom stereocenters. The van der Waals surface area contributed by atoms with E-state index in [1.807, 2.05) is 6.08 Å². The summed E-state index contributed by atoms with van der Waals surface area (Å²) in [7, 11) is 0. The molecule has 562 valence electrons. The fourth-order valence-electron chi connectivity index (χ4n) is 13.7. The van der Waals surface area contributed by atoms with Gasteiger partial charge in [-0.3, -0.25) is 4.79 Å². The minimum Gasteiger partial charge on any atom is -0.394 e. The number of ether oxygens (including phenoxy) is 6. The van der Waals surface area contributed by atoms with Crippen molar-refractivity contribution in [1.82, 2.24) is 5.32 Å². The summed E-state index contributed by atoms with van der Waals surface area (Å²) in [6.45, 7) is 1.79. The Labute approximate surface area is 576 Å². The van der Waals surface area contributed by atoms with Gasteiger partial charge in [-0.05, 0) is 19.3 Å². The number of aliphatic hydroxyl groups is 11. The highest BCUT2D eigenvalue weighted by molar-refractivity contribution is 5.76. The van der Waals surface area contributed by atoms with Crippen molar-refractivity contribution in [2.45, 2.75) is 439 Å². The number of rotatable bonds is 63. The van der Waals surface area contributed by atoms with Crippen LogP contribution in [0.5, 0.6) is 0 Å². The van der Waals surface area contributed by atoms with Gasteiger partial charge in [0.25, 0.3) is 0 Å². The van der Waals surface area contributed by atoms with Crippen molar-refractivity contribution in [3.63, 3.8) is 0 Å². The van der Waals surface area contributed by atoms with E-state index in [1.54, 1.807) is 6.08 Å². The van der Waals surface area contributed by atoms with Crippen molar-refractivity contribution in [3.05, 3.63) is 12.2 Å². The molecule has 19 nitrogen and oxygen atoms in total. The third kappa shape index (κ3) is 39.0. The molecular weight excluding hydrogens is 1210 g/mol. The van der Waals surface area contributed by atoms with Crippen LogP contribution >= 0.6 is 0 Å². The van der Waals surface area contributed by atoms with E-state index in [0.29, 0.717) is 6.42 Å². The molecule has 0 saturated carbocycles. The normalized spacial score (nSPS) is 27.2. The van der Waals surface area contributed by atoms with Gasteiger partial charge >= 0.3 is 0 Å². The van der Waals surface area contributed by atoms with Crippen molar-refractivity contribution >= 4 is 5.91 Å². The van der Waals surface area contributed by atoms with Gasteiger partial charge < -0.3 is 89.9 Å². The molecule has 3 aliphatic heterocycles. The van der Waals surface area contributed by atoms with Crippen LogP contribution in [0.15, 0.2) is 12.2 Å². The topological polar surface area (TPSA) is 307 Å². The third-order valence-electron chi connectivity index (χ3n) is 20.1. The monoisotopic (exact) mass is 1360 g/mol. The largest absolute Gasteiger partial charge is 0.394 e. The molecule has 0 aliphatic carbocycles. The molecular formula is C76H145NO18. The lowest BCUT2D eigenvalue weighted by Gasteiger charge is -2.48. The standard InChI is InChI=1S/C76H145NO18/c1-3-5-7-9-11-13-15-17-19-21-22-23-24-25-26-27-28-29-30-31-32-33-34-35-36-38-40-42-44-46-48-50-52-54-64(82)77-59(60(81)53-51-49-47-45-43-41-39-37-20-18-16-14-12-10-8-6-4-2)58-90-74-70(88)67(85)72(62(56-79)92-74)95-76-71(89)68(86)73(63(57-80)93-76)94-75-69(87)66(84)65(83)61(55-78)91-75/h51,53,59-63,65-76,78-81,83-89H,3-50,52,54-58H2,1-2H3,(H,77,82)/b53-51+. The van der Waals surface area contributed by atoms with E-state index in [-0.39, 0.29) is 18.9 Å². The van der Waals surface area contributed by atoms with Crippen LogP contribution in [0.4, 0.5) is 0 Å². The van der Waals surface area contributed by atoms with Gasteiger partial charge in [0.15, 0.2) is 18.9 Å². The van der Waals surface area contributed by atoms with Crippen LogP contribution in [0.1, 0.15) is 335 Å². The number of aliphatic hydroxyl groups excluding tert-OH is 11. The molecule has 3 fully saturated rings. The maximum absolute atomic E-state index is 13.4. The van der Waals surface area contributed by atoms with Crippen molar-refractivity contribution in [2.24, 2.45) is 0 Å². The molecule has 3 rings (SSSR count). The lowest BCUT2D eigenvalue weighted by molar-refractivity contribution is -0.379. The predicted octanol–water partition coefficient (Wildman–Crippen LogP) is 12.4. The Morgan fingerprint density at radius 2 is 0.653 bits per heavy atom. The fourth-order valence-corrected chi connectivity index (χ4v) is 13.7. The van der Waals surface area contributed by atoms with Crippen LogP contribution < -0.4 is 5.32 Å². The van der Waals surface area contributed by atoms with Gasteiger partial charge in [0, 0.05) is 6.42 Å². The van der Waals surface area contributed by atoms with E-state index < -0.39 is 124 Å². The molecule has 0 aromatic heterocycles. The first-order chi connectivity index (χ1) is 46.3. The number of nitrogens with one attached hydrogen (secondary N) is 1. The van der Waals surface area contributed by atoms with Crippen molar-refractivity contribution < 1.29 is 89.4 Å². The fraction of sp³-hybridized carbons (Fsp3) is 0.961. The number of carbonyl (C=O) groups is 1. The van der Waals surface area contributed by atoms with Crippen LogP contribution in [0.3, 0.4) is 0 Å². The zero-order valence-electron chi connectivity index (χ0n) is 59.9. The van der Waals surface area contributed by atoms with Crippen LogP contribution in [0.2, 0.25) is 0 Å². The van der Waals surface area contributed by atoms with Gasteiger partial charge in [0.05, 0.1) is 38.6 Å². The van der Waals surface area contributed by atoms with Gasteiger partial charge in [-0.15, -0.1) is 0 Å². The van der Waals surface area contributed by atoms with Crippen LogP contribution in [0, 0.1) is 0 Å². The second-order valence-electron chi connectivity index (χ2n) is 28.5. The summed E-state index contributed by atoms with van der Waals surface area (Å²) in [6.07, 6.45) is 40.7. The van der Waals surface area contributed by atoms with E-state index in [1.165, 1.54) is 263 Å². The Hall–Kier alpha value is -1.47. The predicted molar refractivity (Wildman–Crippen MR) is 374 cm³/mol. The Morgan fingerprint density at radius 1 is 0.368 bits per heavy atom. The first kappa shape index (κ1) is 87.7. The summed E-state index contributed by atoms with van der Waals surface area (Å²) >= 11 is 0. The first-order valence-corrected chi connectivity index (χ1v) is 39.4. The molecule has 12 N–H and O–H groups in total. The van der Waals surface area contributed by atoms with Gasteiger partial charge in [-0.2, -0.15) is 0 Å². The van der Waals surface area contributed by atoms with E-state index in [2.05, 4.69) is 19.2 Å². The summed E-state index contributed by atoms with van der Waals surface area (Å²) in [4.78, 5) is 13.4. The highest BCUT2D eigenvalue weighted by atomic mass is 16.8. The minimum absolute atomic E-state index is 0.250. The summed E-state index contributed by atoms with van der Waals surface area (Å²) in [5.74, 6) is -0.267. The Morgan fingerprint density at radius 3 is 0.989 bits per heavy atom. The molecule has 1 amide bonds. The van der Waals surface area contributed by atoms with Gasteiger partial charge in [0.2, 0.25) is 5.91 Å². The lowest BCUT2D eigenvalue weighted by atomic mass is 9.96. The molecule has 19 heteroatoms. The molecule has 95 heavy (non-hydrogen) atoms. The summed E-state index contributed by atoms with van der Waals surface area (Å²) in [5.41, 5.74) is 0. The number of hydrogen-bond donors (Lipinski definition) is 12. The van der Waals surface area contributed by atoms with Crippen molar-refractivity contribution in [3.8, 4) is 0 Å². The average molecular weight is 1360 g/mol. The zero-order valence-corrected chi connectivity index (χ0v) is 59.9. The molecule has 17 atom stereocenters. The smallest absolute Gasteiger partial charge is 0.220 e. The average Bonchev–Trinajstić information content (AvgIpc) is 0.787. The van der Waals surface area contributed by atoms with Crippen LogP contribution in [-0.2, 0) is 33.2 Å². The summed E-state index contributed by atoms with van der Waals surface area (Å²) in [5, 5.41) is 121. The zero-order chi connectivity index (χ0) is 68.9. The molecule has 0 radical (unpaired) electrons. The Kier molecular flexibility index (Phi) is 53.6. The van der Waals surface area contributed by atoms with E-state index in [4.69, 9.17) is 28.4 Å². The molecule has 0 bridgehead atoms. The number of hydrogen-bond acceptors (Lipinski definition) is 18. The van der Waals surface area contributed by atoms with Crippen molar-refractivity contribution in [1.29, 1.82) is 0 Å². The number of carbonyl (C=O) groups excluding carboxylic acids is 1. The van der Waals surface area contributed by atoms with Crippen LogP contribution in [0.25, 0.3) is 0 Å². The maximum atomic E-state index is 13.4. The van der Waals surface area contributed by atoms with Crippen LogP contribution in [-0.4, -0.2) is 193 Å². The minimum atomic E-state index is -1.98. The summed E-state index contributed by atoms with van der Waals surface area (Å²) in [6, 6.07) is -0.969. The van der Waals surface area contributed by atoms with Gasteiger partial charge in [-0.25, -0.2) is 0 Å². The second kappa shape index (κ2) is 58.1. The van der Waals surface area contributed by atoms with Crippen molar-refractivity contribution in [2.75, 3.05) is 26.4 Å².